The lowest BCUT2D eigenvalue weighted by Gasteiger charge is -2.28. The number of ether oxygens (including phenoxy) is 1. The van der Waals surface area contributed by atoms with Crippen LogP contribution in [0.2, 0.25) is 0 Å². The summed E-state index contributed by atoms with van der Waals surface area (Å²) in [5, 5.41) is 3.91. The van der Waals surface area contributed by atoms with Crippen molar-refractivity contribution in [2.75, 3.05) is 25.1 Å². The molecule has 1 aliphatic rings. The van der Waals surface area contributed by atoms with Crippen molar-refractivity contribution in [3.63, 3.8) is 0 Å². The number of methoxy groups -OCH3 is 1. The van der Waals surface area contributed by atoms with Gasteiger partial charge < -0.3 is 15.0 Å². The number of rotatable bonds is 5. The van der Waals surface area contributed by atoms with Gasteiger partial charge in [-0.25, -0.2) is 9.97 Å². The van der Waals surface area contributed by atoms with Gasteiger partial charge in [0.2, 0.25) is 0 Å². The summed E-state index contributed by atoms with van der Waals surface area (Å²) in [6, 6.07) is 13.3. The van der Waals surface area contributed by atoms with E-state index in [1.807, 2.05) is 42.5 Å². The number of anilines is 1. The van der Waals surface area contributed by atoms with Crippen LogP contribution in [0.4, 0.5) is 5.82 Å². The Balaban J connectivity index is 1.55. The molecule has 0 atom stereocenters. The third kappa shape index (κ3) is 3.91. The number of aromatic nitrogens is 2. The van der Waals surface area contributed by atoms with Crippen LogP contribution in [0.5, 0.6) is 5.75 Å². The predicted molar refractivity (Wildman–Crippen MR) is 110 cm³/mol. The third-order valence-corrected chi connectivity index (χ3v) is 5.12. The fourth-order valence-electron chi connectivity index (χ4n) is 3.61. The standard InChI is InChI=1S/C22H24N4O2/c1-28-18-7-5-6-16(12-18)14-23-22(27)17-8-9-20-19(13-17)21(25-15-24-20)26-10-3-2-4-11-26/h5-9,12-13,15H,2-4,10-11,14H2,1H3,(H,23,27). The van der Waals surface area contributed by atoms with Crippen molar-refractivity contribution in [3.8, 4) is 5.75 Å². The van der Waals surface area contributed by atoms with E-state index in [2.05, 4.69) is 20.2 Å². The van der Waals surface area contributed by atoms with Gasteiger partial charge in [0, 0.05) is 30.6 Å². The highest BCUT2D eigenvalue weighted by Crippen LogP contribution is 2.26. The van der Waals surface area contributed by atoms with E-state index in [4.69, 9.17) is 4.74 Å². The number of nitrogens with zero attached hydrogens (tertiary/aromatic N) is 3. The van der Waals surface area contributed by atoms with Gasteiger partial charge in [-0.2, -0.15) is 0 Å². The molecule has 1 N–H and O–H groups in total. The van der Waals surface area contributed by atoms with Gasteiger partial charge in [0.15, 0.2) is 0 Å². The molecule has 6 heteroatoms. The van der Waals surface area contributed by atoms with Gasteiger partial charge in [-0.3, -0.25) is 4.79 Å². The molecule has 2 aromatic carbocycles. The zero-order valence-corrected chi connectivity index (χ0v) is 16.0. The van der Waals surface area contributed by atoms with Gasteiger partial charge in [-0.15, -0.1) is 0 Å². The van der Waals surface area contributed by atoms with E-state index in [0.717, 1.165) is 41.1 Å². The topological polar surface area (TPSA) is 67.3 Å². The van der Waals surface area contributed by atoms with Gasteiger partial charge in [0.1, 0.15) is 17.9 Å². The van der Waals surface area contributed by atoms with Crippen molar-refractivity contribution in [2.24, 2.45) is 0 Å². The Kier molecular flexibility index (Phi) is 5.37. The van der Waals surface area contributed by atoms with E-state index >= 15 is 0 Å². The van der Waals surface area contributed by atoms with E-state index in [1.165, 1.54) is 19.3 Å². The molecule has 1 saturated heterocycles. The van der Waals surface area contributed by atoms with Crippen molar-refractivity contribution >= 4 is 22.6 Å². The summed E-state index contributed by atoms with van der Waals surface area (Å²) < 4.78 is 5.23. The Morgan fingerprint density at radius 3 is 2.79 bits per heavy atom. The number of amides is 1. The maximum absolute atomic E-state index is 12.7. The van der Waals surface area contributed by atoms with Crippen LogP contribution in [-0.2, 0) is 6.54 Å². The van der Waals surface area contributed by atoms with Gasteiger partial charge in [-0.05, 0) is 55.2 Å². The minimum atomic E-state index is -0.113. The third-order valence-electron chi connectivity index (χ3n) is 5.12. The molecule has 0 radical (unpaired) electrons. The highest BCUT2D eigenvalue weighted by molar-refractivity contribution is 6.00. The fourth-order valence-corrected chi connectivity index (χ4v) is 3.61. The zero-order valence-electron chi connectivity index (χ0n) is 16.0. The van der Waals surface area contributed by atoms with E-state index in [9.17, 15) is 4.79 Å². The second-order valence-corrected chi connectivity index (χ2v) is 7.01. The van der Waals surface area contributed by atoms with E-state index in [-0.39, 0.29) is 5.91 Å². The van der Waals surface area contributed by atoms with Gasteiger partial charge >= 0.3 is 0 Å². The number of nitrogens with one attached hydrogen (secondary N) is 1. The maximum atomic E-state index is 12.7. The van der Waals surface area contributed by atoms with Crippen LogP contribution in [0.3, 0.4) is 0 Å². The van der Waals surface area contributed by atoms with Crippen LogP contribution >= 0.6 is 0 Å². The summed E-state index contributed by atoms with van der Waals surface area (Å²) in [7, 11) is 1.63. The maximum Gasteiger partial charge on any atom is 0.251 e. The zero-order chi connectivity index (χ0) is 19.3. The number of piperidine rings is 1. The molecule has 6 nitrogen and oxygen atoms in total. The number of hydrogen-bond acceptors (Lipinski definition) is 5. The summed E-state index contributed by atoms with van der Waals surface area (Å²) in [4.78, 5) is 23.9. The van der Waals surface area contributed by atoms with Crippen molar-refractivity contribution in [1.29, 1.82) is 0 Å². The molecule has 1 amide bonds. The molecule has 4 rings (SSSR count). The molecular weight excluding hydrogens is 352 g/mol. The number of fused-ring (bicyclic) bond motifs is 1. The average Bonchev–Trinajstić information content (AvgIpc) is 2.77. The molecule has 28 heavy (non-hydrogen) atoms. The second-order valence-electron chi connectivity index (χ2n) is 7.01. The molecule has 0 unspecified atom stereocenters. The summed E-state index contributed by atoms with van der Waals surface area (Å²) in [5.74, 6) is 1.59. The molecule has 1 fully saturated rings. The highest BCUT2D eigenvalue weighted by Gasteiger charge is 2.16. The number of benzene rings is 2. The van der Waals surface area contributed by atoms with Crippen LogP contribution in [0, 0.1) is 0 Å². The lowest BCUT2D eigenvalue weighted by molar-refractivity contribution is 0.0951. The Labute approximate surface area is 164 Å². The molecule has 144 valence electrons. The minimum Gasteiger partial charge on any atom is -0.497 e. The minimum absolute atomic E-state index is 0.113. The van der Waals surface area contributed by atoms with Crippen LogP contribution in [0.25, 0.3) is 10.9 Å². The highest BCUT2D eigenvalue weighted by atomic mass is 16.5. The average molecular weight is 376 g/mol. The molecular formula is C22H24N4O2. The first-order chi connectivity index (χ1) is 13.7. The first kappa shape index (κ1) is 18.2. The van der Waals surface area contributed by atoms with Crippen molar-refractivity contribution in [3.05, 3.63) is 59.9 Å². The summed E-state index contributed by atoms with van der Waals surface area (Å²) in [6.45, 7) is 2.44. The van der Waals surface area contributed by atoms with Gasteiger partial charge in [0.25, 0.3) is 5.91 Å². The molecule has 0 spiro atoms. The molecule has 1 aliphatic heterocycles. The van der Waals surface area contributed by atoms with E-state index in [1.54, 1.807) is 13.4 Å². The largest absolute Gasteiger partial charge is 0.497 e. The van der Waals surface area contributed by atoms with Crippen LogP contribution in [0.15, 0.2) is 48.8 Å². The summed E-state index contributed by atoms with van der Waals surface area (Å²) in [5.41, 5.74) is 2.47. The first-order valence-electron chi connectivity index (χ1n) is 9.65. The molecule has 0 bridgehead atoms. The number of carbonyl (C=O) groups excluding carboxylic acids is 1. The molecule has 1 aromatic heterocycles. The molecule has 0 aliphatic carbocycles. The summed E-state index contributed by atoms with van der Waals surface area (Å²) >= 11 is 0. The quantitative estimate of drug-likeness (QED) is 0.737. The Bertz CT molecular complexity index is 983. The van der Waals surface area contributed by atoms with Crippen LogP contribution in [-0.4, -0.2) is 36.1 Å². The number of hydrogen-bond donors (Lipinski definition) is 1. The predicted octanol–water partition coefficient (Wildman–Crippen LogP) is 3.56. The van der Waals surface area contributed by atoms with Crippen molar-refractivity contribution < 1.29 is 9.53 Å². The van der Waals surface area contributed by atoms with E-state index in [0.29, 0.717) is 12.1 Å². The van der Waals surface area contributed by atoms with Crippen molar-refractivity contribution in [1.82, 2.24) is 15.3 Å². The summed E-state index contributed by atoms with van der Waals surface area (Å²) in [6.07, 6.45) is 5.21. The lowest BCUT2D eigenvalue weighted by atomic mass is 10.1. The van der Waals surface area contributed by atoms with E-state index < -0.39 is 0 Å². The fraction of sp³-hybridized carbons (Fsp3) is 0.318. The van der Waals surface area contributed by atoms with Gasteiger partial charge in [0.05, 0.1) is 12.6 Å². The normalized spacial score (nSPS) is 14.1. The Morgan fingerprint density at radius 1 is 1.11 bits per heavy atom. The molecule has 2 heterocycles. The Morgan fingerprint density at radius 2 is 1.96 bits per heavy atom. The second kappa shape index (κ2) is 8.25. The SMILES string of the molecule is COc1cccc(CNC(=O)c2ccc3ncnc(N4CCCCC4)c3c2)c1. The molecule has 3 aromatic rings. The first-order valence-corrected chi connectivity index (χ1v) is 9.65. The lowest BCUT2D eigenvalue weighted by Crippen LogP contribution is -2.30. The number of carbonyl (C=O) groups is 1. The van der Waals surface area contributed by atoms with Crippen LogP contribution < -0.4 is 15.0 Å². The Hall–Kier alpha value is -3.15. The monoisotopic (exact) mass is 376 g/mol. The molecule has 0 saturated carbocycles. The van der Waals surface area contributed by atoms with Gasteiger partial charge in [-0.1, -0.05) is 12.1 Å². The van der Waals surface area contributed by atoms with Crippen LogP contribution in [0.1, 0.15) is 35.2 Å². The van der Waals surface area contributed by atoms with Crippen molar-refractivity contribution in [2.45, 2.75) is 25.8 Å². The smallest absolute Gasteiger partial charge is 0.251 e.